The molecular weight excluding hydrogens is 472 g/mol. The van der Waals surface area contributed by atoms with E-state index in [2.05, 4.69) is 17.6 Å². The number of rotatable bonds is 6. The van der Waals surface area contributed by atoms with Crippen molar-refractivity contribution in [1.82, 2.24) is 0 Å². The van der Waals surface area contributed by atoms with Crippen LogP contribution in [0.3, 0.4) is 0 Å². The lowest BCUT2D eigenvalue weighted by atomic mass is 10.5. The Labute approximate surface area is 165 Å². The van der Waals surface area contributed by atoms with Crippen molar-refractivity contribution >= 4 is 121 Å². The van der Waals surface area contributed by atoms with Crippen molar-refractivity contribution in [3.8, 4) is 6.19 Å². The number of halogens is 8. The molecule has 0 aliphatic heterocycles. The number of alkyl halides is 8. The van der Waals surface area contributed by atoms with Crippen LogP contribution >= 0.6 is 116 Å². The lowest BCUT2D eigenvalue weighted by molar-refractivity contribution is 0.938. The van der Waals surface area contributed by atoms with Crippen LogP contribution in [0.25, 0.3) is 0 Å². The number of nitrogens with zero attached hydrogens (tertiary/aromatic N) is 2. The van der Waals surface area contributed by atoms with E-state index in [1.165, 1.54) is 0 Å². The standard InChI is InChI=1S/C8H8Cl8N2S2/c9-4(10)7(13,14)1-20(6(19)18-3-17)2-8(15,16)5(11)12/h4-5,20H,1-2H2,(H,18,19). The monoisotopic (exact) mass is 476 g/mol. The maximum atomic E-state index is 8.59. The van der Waals surface area contributed by atoms with Gasteiger partial charge in [-0.2, -0.15) is 21.1 Å². The predicted octanol–water partition coefficient (Wildman–Crippen LogP) is 5.71. The van der Waals surface area contributed by atoms with E-state index < -0.39 is 29.2 Å². The van der Waals surface area contributed by atoms with Crippen LogP contribution in [-0.2, 0) is 0 Å². The highest BCUT2D eigenvalue weighted by atomic mass is 35.5. The molecule has 0 N–H and O–H groups in total. The molecule has 0 bridgehead atoms. The molecule has 2 nitrogen and oxygen atoms in total. The summed E-state index contributed by atoms with van der Waals surface area (Å²) in [7, 11) is -1.34. The van der Waals surface area contributed by atoms with E-state index in [4.69, 9.17) is 98.1 Å². The third-order valence-electron chi connectivity index (χ3n) is 1.87. The normalized spacial score (nSPS) is 14.7. The minimum absolute atomic E-state index is 0.0643. The molecule has 0 fully saturated rings. The molecule has 0 aromatic carbocycles. The molecule has 0 saturated heterocycles. The fourth-order valence-corrected chi connectivity index (χ4v) is 5.86. The van der Waals surface area contributed by atoms with Gasteiger partial charge >= 0.3 is 0 Å². The minimum atomic E-state index is -1.48. The smallest absolute Gasteiger partial charge is 0.197 e. The summed E-state index contributed by atoms with van der Waals surface area (Å²) in [5.41, 5.74) is 0. The highest BCUT2D eigenvalue weighted by Gasteiger charge is 2.40. The summed E-state index contributed by atoms with van der Waals surface area (Å²) in [6.45, 7) is 0. The first-order valence-corrected chi connectivity index (χ1v) is 10.1. The van der Waals surface area contributed by atoms with Crippen LogP contribution in [0.2, 0.25) is 0 Å². The van der Waals surface area contributed by atoms with Gasteiger partial charge in [0.2, 0.25) is 6.19 Å². The minimum Gasteiger partial charge on any atom is -0.197 e. The maximum Gasteiger partial charge on any atom is 0.207 e. The summed E-state index contributed by atoms with van der Waals surface area (Å²) in [6.07, 6.45) is 1.60. The van der Waals surface area contributed by atoms with Crippen molar-refractivity contribution in [3.63, 3.8) is 0 Å². The predicted molar refractivity (Wildman–Crippen MR) is 101 cm³/mol. The lowest BCUT2D eigenvalue weighted by Crippen LogP contribution is -2.33. The molecule has 20 heavy (non-hydrogen) atoms. The third-order valence-corrected chi connectivity index (χ3v) is 9.79. The molecule has 0 rings (SSSR count). The Balaban J connectivity index is 5.23. The van der Waals surface area contributed by atoms with Crippen LogP contribution in [0.1, 0.15) is 0 Å². The van der Waals surface area contributed by atoms with Crippen molar-refractivity contribution in [3.05, 3.63) is 0 Å². The molecule has 118 valence electrons. The van der Waals surface area contributed by atoms with Crippen LogP contribution in [0, 0.1) is 11.5 Å². The summed E-state index contributed by atoms with van der Waals surface area (Å²) in [5, 5.41) is 8.59. The molecule has 0 unspecified atom stereocenters. The van der Waals surface area contributed by atoms with Crippen LogP contribution in [0.5, 0.6) is 0 Å². The van der Waals surface area contributed by atoms with Crippen molar-refractivity contribution in [1.29, 1.82) is 5.26 Å². The zero-order chi connectivity index (χ0) is 16.1. The number of aliphatic imine (C=N–C) groups is 1. The van der Waals surface area contributed by atoms with Crippen LogP contribution in [0.4, 0.5) is 0 Å². The Bertz CT molecular complexity index is 370. The average Bonchev–Trinajstić information content (AvgIpc) is 2.27. The van der Waals surface area contributed by atoms with Crippen LogP contribution in [0.15, 0.2) is 4.99 Å². The van der Waals surface area contributed by atoms with Crippen molar-refractivity contribution in [2.75, 3.05) is 11.5 Å². The molecule has 0 aromatic heterocycles. The fourth-order valence-electron chi connectivity index (χ4n) is 0.960. The Morgan fingerprint density at radius 1 is 1.05 bits per heavy atom. The first-order chi connectivity index (χ1) is 8.94. The van der Waals surface area contributed by atoms with Gasteiger partial charge < -0.3 is 0 Å². The number of hydrogen-bond donors (Lipinski definition) is 2. The van der Waals surface area contributed by atoms with Gasteiger partial charge in [0.05, 0.1) is 0 Å². The maximum absolute atomic E-state index is 8.59. The van der Waals surface area contributed by atoms with Gasteiger partial charge in [0.15, 0.2) is 8.67 Å². The second-order valence-electron chi connectivity index (χ2n) is 3.49. The van der Waals surface area contributed by atoms with E-state index in [9.17, 15) is 0 Å². The van der Waals surface area contributed by atoms with E-state index in [0.29, 0.717) is 0 Å². The summed E-state index contributed by atoms with van der Waals surface area (Å²) in [5.74, 6) is 0.129. The molecule has 0 amide bonds. The van der Waals surface area contributed by atoms with Gasteiger partial charge in [-0.05, 0) is 0 Å². The SMILES string of the molecule is N#CN=C(S)[SH](CC(Cl)(Cl)C(Cl)Cl)CC(Cl)(Cl)C(Cl)Cl. The topological polar surface area (TPSA) is 36.1 Å². The van der Waals surface area contributed by atoms with Gasteiger partial charge in [0.25, 0.3) is 0 Å². The van der Waals surface area contributed by atoms with Crippen LogP contribution in [-0.4, -0.2) is 34.2 Å². The largest absolute Gasteiger partial charge is 0.207 e. The van der Waals surface area contributed by atoms with E-state index in [1.807, 2.05) is 0 Å². The second-order valence-corrected chi connectivity index (χ2v) is 11.7. The quantitative estimate of drug-likeness (QED) is 0.165. The van der Waals surface area contributed by atoms with Gasteiger partial charge in [0.1, 0.15) is 14.0 Å². The highest BCUT2D eigenvalue weighted by Crippen LogP contribution is 2.48. The molecule has 12 heteroatoms. The molecule has 0 spiro atoms. The Morgan fingerprint density at radius 2 is 1.40 bits per heavy atom. The summed E-state index contributed by atoms with van der Waals surface area (Å²) in [6, 6.07) is 0. The highest BCUT2D eigenvalue weighted by molar-refractivity contribution is 8.43. The van der Waals surface area contributed by atoms with E-state index in [0.717, 1.165) is 0 Å². The molecule has 0 heterocycles. The van der Waals surface area contributed by atoms with Gasteiger partial charge in [-0.1, -0.05) is 46.4 Å². The van der Waals surface area contributed by atoms with Crippen LogP contribution < -0.4 is 0 Å². The molecular formula is C8H8Cl8N2S2. The average molecular weight is 480 g/mol. The summed E-state index contributed by atoms with van der Waals surface area (Å²) >= 11 is 50.9. The van der Waals surface area contributed by atoms with Gasteiger partial charge in [-0.25, -0.2) is 0 Å². The Kier molecular flexibility index (Phi) is 10.5. The lowest BCUT2D eigenvalue weighted by Gasteiger charge is -2.33. The summed E-state index contributed by atoms with van der Waals surface area (Å²) < 4.78 is -2.78. The molecule has 0 aromatic rings. The Morgan fingerprint density at radius 3 is 1.65 bits per heavy atom. The van der Waals surface area contributed by atoms with E-state index in [1.54, 1.807) is 6.19 Å². The van der Waals surface area contributed by atoms with E-state index in [-0.39, 0.29) is 15.9 Å². The van der Waals surface area contributed by atoms with Crippen molar-refractivity contribution < 1.29 is 0 Å². The van der Waals surface area contributed by atoms with Crippen molar-refractivity contribution in [2.24, 2.45) is 4.99 Å². The molecule has 0 saturated carbocycles. The van der Waals surface area contributed by atoms with E-state index >= 15 is 0 Å². The molecule has 0 aliphatic rings. The zero-order valence-corrected chi connectivity index (χ0v) is 17.2. The first-order valence-electron chi connectivity index (χ1n) is 4.66. The molecule has 0 radical (unpaired) electrons. The van der Waals surface area contributed by atoms with Gasteiger partial charge in [-0.3, -0.25) is 0 Å². The van der Waals surface area contributed by atoms with Crippen molar-refractivity contribution in [2.45, 2.75) is 18.3 Å². The summed E-state index contributed by atoms with van der Waals surface area (Å²) in [4.78, 5) is 1.38. The van der Waals surface area contributed by atoms with Gasteiger partial charge in [0, 0.05) is 11.5 Å². The number of nitriles is 1. The van der Waals surface area contributed by atoms with Gasteiger partial charge in [-0.15, -0.1) is 59.0 Å². The Hall–Kier alpha value is 2.18. The number of thiol groups is 2. The third kappa shape index (κ3) is 7.64. The first kappa shape index (κ1) is 22.2. The zero-order valence-electron chi connectivity index (χ0n) is 9.38. The number of hydrogen-bond acceptors (Lipinski definition) is 2. The molecule has 0 atom stereocenters. The fraction of sp³-hybridized carbons (Fsp3) is 0.750. The second kappa shape index (κ2) is 9.47. The molecule has 0 aliphatic carbocycles.